The van der Waals surface area contributed by atoms with Crippen LogP contribution in [0.4, 0.5) is 5.69 Å². The summed E-state index contributed by atoms with van der Waals surface area (Å²) in [6.07, 6.45) is 0. The van der Waals surface area contributed by atoms with Crippen molar-refractivity contribution in [1.29, 1.82) is 0 Å². The van der Waals surface area contributed by atoms with Crippen LogP contribution in [0.1, 0.15) is 31.1 Å². The van der Waals surface area contributed by atoms with Gasteiger partial charge in [0.1, 0.15) is 0 Å². The smallest absolute Gasteiger partial charge is 0.253 e. The van der Waals surface area contributed by atoms with Crippen LogP contribution >= 0.6 is 0 Å². The lowest BCUT2D eigenvalue weighted by molar-refractivity contribution is 0.0745. The SMILES string of the molecule is CN(CC(C)(C)C)C(=O)c1ccc(N)cc1. The summed E-state index contributed by atoms with van der Waals surface area (Å²) in [5, 5.41) is 0. The van der Waals surface area contributed by atoms with Crippen LogP contribution in [-0.2, 0) is 0 Å². The molecule has 0 radical (unpaired) electrons. The summed E-state index contributed by atoms with van der Waals surface area (Å²) in [5.41, 5.74) is 7.05. The maximum absolute atomic E-state index is 12.0. The molecule has 2 N–H and O–H groups in total. The average molecular weight is 220 g/mol. The van der Waals surface area contributed by atoms with Crippen LogP contribution < -0.4 is 5.73 Å². The molecule has 0 saturated carbocycles. The van der Waals surface area contributed by atoms with Gasteiger partial charge in [-0.25, -0.2) is 0 Å². The Balaban J connectivity index is 2.74. The molecule has 0 aliphatic heterocycles. The van der Waals surface area contributed by atoms with Crippen LogP contribution in [0.25, 0.3) is 0 Å². The fraction of sp³-hybridized carbons (Fsp3) is 0.462. The van der Waals surface area contributed by atoms with Crippen LogP contribution in [0.2, 0.25) is 0 Å². The van der Waals surface area contributed by atoms with E-state index in [1.165, 1.54) is 0 Å². The average Bonchev–Trinajstić information content (AvgIpc) is 2.15. The Kier molecular flexibility index (Phi) is 3.58. The van der Waals surface area contributed by atoms with E-state index in [0.717, 1.165) is 6.54 Å². The van der Waals surface area contributed by atoms with Gasteiger partial charge in [-0.3, -0.25) is 4.79 Å². The zero-order chi connectivity index (χ0) is 12.3. The number of amides is 1. The zero-order valence-electron chi connectivity index (χ0n) is 10.4. The normalized spacial score (nSPS) is 11.2. The summed E-state index contributed by atoms with van der Waals surface area (Å²) in [6, 6.07) is 7.02. The Morgan fingerprint density at radius 2 is 1.75 bits per heavy atom. The number of benzene rings is 1. The molecule has 0 fully saturated rings. The zero-order valence-corrected chi connectivity index (χ0v) is 10.4. The quantitative estimate of drug-likeness (QED) is 0.778. The second kappa shape index (κ2) is 4.56. The van der Waals surface area contributed by atoms with E-state index in [4.69, 9.17) is 5.73 Å². The minimum absolute atomic E-state index is 0.0370. The molecule has 0 saturated heterocycles. The number of carbonyl (C=O) groups excluding carboxylic acids is 1. The predicted molar refractivity (Wildman–Crippen MR) is 67.3 cm³/mol. The van der Waals surface area contributed by atoms with Gasteiger partial charge < -0.3 is 10.6 Å². The van der Waals surface area contributed by atoms with Crippen LogP contribution in [0, 0.1) is 5.41 Å². The predicted octanol–water partition coefficient (Wildman–Crippen LogP) is 2.39. The van der Waals surface area contributed by atoms with E-state index in [-0.39, 0.29) is 11.3 Å². The standard InChI is InChI=1S/C13H20N2O/c1-13(2,3)9-15(4)12(16)10-5-7-11(14)8-6-10/h5-8H,9,14H2,1-4H3. The minimum Gasteiger partial charge on any atom is -0.399 e. The van der Waals surface area contributed by atoms with Gasteiger partial charge in [0.15, 0.2) is 0 Å². The number of anilines is 1. The van der Waals surface area contributed by atoms with Crippen LogP contribution in [0.15, 0.2) is 24.3 Å². The fourth-order valence-corrected chi connectivity index (χ4v) is 1.63. The van der Waals surface area contributed by atoms with Crippen LogP contribution in [0.5, 0.6) is 0 Å². The molecule has 3 heteroatoms. The van der Waals surface area contributed by atoms with Crippen molar-refractivity contribution < 1.29 is 4.79 Å². The van der Waals surface area contributed by atoms with Gasteiger partial charge in [-0.05, 0) is 29.7 Å². The van der Waals surface area contributed by atoms with Gasteiger partial charge in [0.25, 0.3) is 5.91 Å². The second-order valence-electron chi connectivity index (χ2n) is 5.34. The first kappa shape index (κ1) is 12.6. The molecular formula is C13H20N2O. The highest BCUT2D eigenvalue weighted by Crippen LogP contribution is 2.16. The molecule has 0 spiro atoms. The first-order chi connectivity index (χ1) is 7.29. The lowest BCUT2D eigenvalue weighted by Crippen LogP contribution is -2.34. The first-order valence-electron chi connectivity index (χ1n) is 5.40. The van der Waals surface area contributed by atoms with Crippen molar-refractivity contribution in [2.45, 2.75) is 20.8 Å². The Bertz CT molecular complexity index is 363. The molecular weight excluding hydrogens is 200 g/mol. The van der Waals surface area contributed by atoms with E-state index >= 15 is 0 Å². The number of rotatable bonds is 2. The topological polar surface area (TPSA) is 46.3 Å². The molecule has 1 aromatic rings. The summed E-state index contributed by atoms with van der Waals surface area (Å²) in [7, 11) is 1.82. The molecule has 88 valence electrons. The van der Waals surface area contributed by atoms with E-state index in [1.54, 1.807) is 29.2 Å². The van der Waals surface area contributed by atoms with E-state index < -0.39 is 0 Å². The Morgan fingerprint density at radius 1 is 1.25 bits per heavy atom. The van der Waals surface area contributed by atoms with E-state index in [1.807, 2.05) is 7.05 Å². The van der Waals surface area contributed by atoms with E-state index in [9.17, 15) is 4.79 Å². The summed E-state index contributed by atoms with van der Waals surface area (Å²) >= 11 is 0. The Hall–Kier alpha value is -1.51. The number of nitrogens with two attached hydrogens (primary N) is 1. The molecule has 1 rings (SSSR count). The molecule has 0 aliphatic carbocycles. The van der Waals surface area contributed by atoms with Crippen molar-refractivity contribution >= 4 is 11.6 Å². The maximum Gasteiger partial charge on any atom is 0.253 e. The van der Waals surface area contributed by atoms with Gasteiger partial charge in [0.05, 0.1) is 0 Å². The minimum atomic E-state index is 0.0370. The summed E-state index contributed by atoms with van der Waals surface area (Å²) in [5.74, 6) is 0.0370. The molecule has 0 bridgehead atoms. The molecule has 1 amide bonds. The van der Waals surface area contributed by atoms with Crippen molar-refractivity contribution in [3.05, 3.63) is 29.8 Å². The highest BCUT2D eigenvalue weighted by Gasteiger charge is 2.18. The van der Waals surface area contributed by atoms with Gasteiger partial charge in [-0.1, -0.05) is 20.8 Å². The Labute approximate surface area is 97.2 Å². The van der Waals surface area contributed by atoms with Crippen molar-refractivity contribution in [3.63, 3.8) is 0 Å². The molecule has 16 heavy (non-hydrogen) atoms. The fourth-order valence-electron chi connectivity index (χ4n) is 1.63. The summed E-state index contributed by atoms with van der Waals surface area (Å²) in [6.45, 7) is 7.06. The summed E-state index contributed by atoms with van der Waals surface area (Å²) < 4.78 is 0. The lowest BCUT2D eigenvalue weighted by Gasteiger charge is -2.26. The van der Waals surface area contributed by atoms with Crippen molar-refractivity contribution in [3.8, 4) is 0 Å². The molecule has 3 nitrogen and oxygen atoms in total. The number of nitrogens with zero attached hydrogens (tertiary/aromatic N) is 1. The van der Waals surface area contributed by atoms with Crippen molar-refractivity contribution in [1.82, 2.24) is 4.90 Å². The van der Waals surface area contributed by atoms with E-state index in [2.05, 4.69) is 20.8 Å². The number of hydrogen-bond donors (Lipinski definition) is 1. The lowest BCUT2D eigenvalue weighted by atomic mass is 9.96. The van der Waals surface area contributed by atoms with Crippen LogP contribution in [-0.4, -0.2) is 24.4 Å². The number of nitrogen functional groups attached to an aromatic ring is 1. The molecule has 1 aromatic carbocycles. The van der Waals surface area contributed by atoms with Gasteiger partial charge in [0.2, 0.25) is 0 Å². The third-order valence-corrected chi connectivity index (χ3v) is 2.22. The highest BCUT2D eigenvalue weighted by molar-refractivity contribution is 5.94. The van der Waals surface area contributed by atoms with Crippen molar-refractivity contribution in [2.24, 2.45) is 5.41 Å². The maximum atomic E-state index is 12.0. The third-order valence-electron chi connectivity index (χ3n) is 2.22. The van der Waals surface area contributed by atoms with Gasteiger partial charge in [-0.15, -0.1) is 0 Å². The molecule has 0 atom stereocenters. The van der Waals surface area contributed by atoms with Gasteiger partial charge >= 0.3 is 0 Å². The van der Waals surface area contributed by atoms with Gasteiger partial charge in [-0.2, -0.15) is 0 Å². The first-order valence-corrected chi connectivity index (χ1v) is 5.40. The Morgan fingerprint density at radius 3 is 2.19 bits per heavy atom. The van der Waals surface area contributed by atoms with Gasteiger partial charge in [0, 0.05) is 24.8 Å². The number of hydrogen-bond acceptors (Lipinski definition) is 2. The third kappa shape index (κ3) is 3.57. The highest BCUT2D eigenvalue weighted by atomic mass is 16.2. The van der Waals surface area contributed by atoms with Crippen molar-refractivity contribution in [2.75, 3.05) is 19.3 Å². The molecule has 0 unspecified atom stereocenters. The van der Waals surface area contributed by atoms with Crippen LogP contribution in [0.3, 0.4) is 0 Å². The monoisotopic (exact) mass is 220 g/mol. The largest absolute Gasteiger partial charge is 0.399 e. The molecule has 0 aromatic heterocycles. The summed E-state index contributed by atoms with van der Waals surface area (Å²) in [4.78, 5) is 13.8. The molecule has 0 heterocycles. The van der Waals surface area contributed by atoms with E-state index in [0.29, 0.717) is 11.3 Å². The second-order valence-corrected chi connectivity index (χ2v) is 5.34. The number of carbonyl (C=O) groups is 1. The molecule has 0 aliphatic rings.